The Kier molecular flexibility index (Phi) is 3.61. The van der Waals surface area contributed by atoms with Crippen LogP contribution in [0.15, 0.2) is 12.1 Å². The molecule has 1 unspecified atom stereocenters. The molecule has 2 rings (SSSR count). The fourth-order valence-electron chi connectivity index (χ4n) is 2.32. The van der Waals surface area contributed by atoms with Crippen LogP contribution >= 0.6 is 11.6 Å². The van der Waals surface area contributed by atoms with Gasteiger partial charge in [-0.15, -0.1) is 0 Å². The highest BCUT2D eigenvalue weighted by Gasteiger charge is 2.28. The monoisotopic (exact) mass is 271 g/mol. The molecule has 0 aromatic heterocycles. The summed E-state index contributed by atoms with van der Waals surface area (Å²) in [4.78, 5) is 13.2. The number of carbonyl (C=O) groups excluding carboxylic acids is 1. The number of hydrogen-bond acceptors (Lipinski definition) is 3. The van der Waals surface area contributed by atoms with Crippen molar-refractivity contribution in [1.29, 1.82) is 0 Å². The van der Waals surface area contributed by atoms with Crippen LogP contribution < -0.4 is 16.4 Å². The lowest BCUT2D eigenvalue weighted by Gasteiger charge is -2.36. The lowest BCUT2D eigenvalue weighted by atomic mass is 10.0. The van der Waals surface area contributed by atoms with Crippen molar-refractivity contribution in [2.45, 2.75) is 25.3 Å². The number of nitrogen functional groups attached to an aromatic ring is 1. The van der Waals surface area contributed by atoms with E-state index in [-0.39, 0.29) is 5.02 Å². The van der Waals surface area contributed by atoms with Crippen LogP contribution in [0.1, 0.15) is 19.3 Å². The summed E-state index contributed by atoms with van der Waals surface area (Å²) in [6.45, 7) is 0.638. The summed E-state index contributed by atoms with van der Waals surface area (Å²) in [5, 5.41) is -0.0242. The van der Waals surface area contributed by atoms with E-state index in [9.17, 15) is 9.18 Å². The van der Waals surface area contributed by atoms with Crippen LogP contribution in [0.5, 0.6) is 0 Å². The third-order valence-electron chi connectivity index (χ3n) is 3.21. The van der Waals surface area contributed by atoms with E-state index in [1.54, 1.807) is 4.90 Å². The molecule has 18 heavy (non-hydrogen) atoms. The second-order valence-electron chi connectivity index (χ2n) is 4.43. The molecular formula is C12H15ClFN3O. The van der Waals surface area contributed by atoms with Gasteiger partial charge in [0, 0.05) is 12.6 Å². The normalized spacial score (nSPS) is 19.9. The summed E-state index contributed by atoms with van der Waals surface area (Å²) < 4.78 is 13.5. The number of halogens is 2. The molecule has 0 aliphatic carbocycles. The van der Waals surface area contributed by atoms with Crippen molar-refractivity contribution >= 4 is 28.9 Å². The Morgan fingerprint density at radius 1 is 1.44 bits per heavy atom. The highest BCUT2D eigenvalue weighted by molar-refractivity contribution is 6.31. The minimum atomic E-state index is -0.547. The summed E-state index contributed by atoms with van der Waals surface area (Å²) in [6, 6.07) is 2.19. The SMILES string of the molecule is NC(=O)C1CCCCN1c1cc(F)c(Cl)cc1N. The van der Waals surface area contributed by atoms with E-state index in [0.29, 0.717) is 24.3 Å². The first-order chi connectivity index (χ1) is 8.50. The number of carbonyl (C=O) groups is 1. The van der Waals surface area contributed by atoms with E-state index in [4.69, 9.17) is 23.1 Å². The van der Waals surface area contributed by atoms with Gasteiger partial charge in [0.15, 0.2) is 0 Å². The van der Waals surface area contributed by atoms with Gasteiger partial charge < -0.3 is 16.4 Å². The number of amides is 1. The van der Waals surface area contributed by atoms with Crippen LogP contribution in [0, 0.1) is 5.82 Å². The molecule has 1 amide bonds. The third-order valence-corrected chi connectivity index (χ3v) is 3.50. The molecular weight excluding hydrogens is 257 g/mol. The van der Waals surface area contributed by atoms with Crippen LogP contribution in [0.25, 0.3) is 0 Å². The Bertz CT molecular complexity index is 481. The molecule has 0 radical (unpaired) electrons. The first-order valence-corrected chi connectivity index (χ1v) is 6.19. The topological polar surface area (TPSA) is 72.4 Å². The molecule has 1 aliphatic rings. The van der Waals surface area contributed by atoms with E-state index in [0.717, 1.165) is 12.8 Å². The maximum Gasteiger partial charge on any atom is 0.240 e. The molecule has 0 bridgehead atoms. The summed E-state index contributed by atoms with van der Waals surface area (Å²) in [6.07, 6.45) is 2.52. The van der Waals surface area contributed by atoms with E-state index in [1.807, 2.05) is 0 Å². The highest BCUT2D eigenvalue weighted by Crippen LogP contribution is 2.33. The van der Waals surface area contributed by atoms with Gasteiger partial charge in [0.2, 0.25) is 5.91 Å². The molecule has 1 heterocycles. The number of rotatable bonds is 2. The Morgan fingerprint density at radius 3 is 2.83 bits per heavy atom. The maximum absolute atomic E-state index is 13.5. The first-order valence-electron chi connectivity index (χ1n) is 5.81. The van der Waals surface area contributed by atoms with Gasteiger partial charge in [-0.3, -0.25) is 4.79 Å². The van der Waals surface area contributed by atoms with Crippen molar-refractivity contribution in [3.05, 3.63) is 23.0 Å². The number of benzene rings is 1. The molecule has 1 fully saturated rings. The second-order valence-corrected chi connectivity index (χ2v) is 4.84. The third kappa shape index (κ3) is 2.36. The summed E-state index contributed by atoms with van der Waals surface area (Å²) in [5.41, 5.74) is 12.1. The highest BCUT2D eigenvalue weighted by atomic mass is 35.5. The van der Waals surface area contributed by atoms with E-state index in [2.05, 4.69) is 0 Å². The minimum Gasteiger partial charge on any atom is -0.397 e. The van der Waals surface area contributed by atoms with E-state index in [1.165, 1.54) is 12.1 Å². The smallest absolute Gasteiger partial charge is 0.240 e. The van der Waals surface area contributed by atoms with Crippen molar-refractivity contribution in [2.75, 3.05) is 17.2 Å². The van der Waals surface area contributed by atoms with Crippen molar-refractivity contribution < 1.29 is 9.18 Å². The molecule has 1 aromatic rings. The molecule has 1 aliphatic heterocycles. The summed E-state index contributed by atoms with van der Waals surface area (Å²) >= 11 is 5.66. The van der Waals surface area contributed by atoms with Crippen molar-refractivity contribution in [3.63, 3.8) is 0 Å². The van der Waals surface area contributed by atoms with Gasteiger partial charge in [0.1, 0.15) is 11.9 Å². The average molecular weight is 272 g/mol. The average Bonchev–Trinajstić information content (AvgIpc) is 2.34. The molecule has 0 saturated carbocycles. The molecule has 1 atom stereocenters. The predicted molar refractivity (Wildman–Crippen MR) is 70.0 cm³/mol. The standard InChI is InChI=1S/C12H15ClFN3O/c13-7-5-9(15)11(6-8(7)14)17-4-2-1-3-10(17)12(16)18/h5-6,10H,1-4,15H2,(H2,16,18). The van der Waals surface area contributed by atoms with E-state index >= 15 is 0 Å². The molecule has 4 N–H and O–H groups in total. The number of nitrogens with two attached hydrogens (primary N) is 2. The van der Waals surface area contributed by atoms with Crippen molar-refractivity contribution in [3.8, 4) is 0 Å². The molecule has 1 aromatic carbocycles. The molecule has 4 nitrogen and oxygen atoms in total. The number of anilines is 2. The number of hydrogen-bond donors (Lipinski definition) is 2. The van der Waals surface area contributed by atoms with Crippen LogP contribution in [0.4, 0.5) is 15.8 Å². The lowest BCUT2D eigenvalue weighted by Crippen LogP contribution is -2.48. The Hall–Kier alpha value is -1.49. The number of primary amides is 1. The Labute approximate surface area is 110 Å². The van der Waals surface area contributed by atoms with E-state index < -0.39 is 17.8 Å². The zero-order valence-corrected chi connectivity index (χ0v) is 10.6. The van der Waals surface area contributed by atoms with Gasteiger partial charge in [0.05, 0.1) is 16.4 Å². The van der Waals surface area contributed by atoms with Gasteiger partial charge in [-0.2, -0.15) is 0 Å². The zero-order valence-electron chi connectivity index (χ0n) is 9.83. The van der Waals surface area contributed by atoms with Gasteiger partial charge in [-0.1, -0.05) is 11.6 Å². The van der Waals surface area contributed by atoms with Crippen LogP contribution in [0.3, 0.4) is 0 Å². The van der Waals surface area contributed by atoms with Gasteiger partial charge in [-0.05, 0) is 25.3 Å². The van der Waals surface area contributed by atoms with Gasteiger partial charge in [-0.25, -0.2) is 4.39 Å². The fourth-order valence-corrected chi connectivity index (χ4v) is 2.49. The van der Waals surface area contributed by atoms with Crippen molar-refractivity contribution in [1.82, 2.24) is 0 Å². The van der Waals surface area contributed by atoms with Crippen LogP contribution in [-0.2, 0) is 4.79 Å². The predicted octanol–water partition coefficient (Wildman–Crippen LogP) is 1.91. The molecule has 0 spiro atoms. The maximum atomic E-state index is 13.5. The fraction of sp³-hybridized carbons (Fsp3) is 0.417. The Balaban J connectivity index is 2.39. The van der Waals surface area contributed by atoms with Crippen molar-refractivity contribution in [2.24, 2.45) is 5.73 Å². The van der Waals surface area contributed by atoms with Gasteiger partial charge in [0.25, 0.3) is 0 Å². The number of nitrogens with zero attached hydrogens (tertiary/aromatic N) is 1. The Morgan fingerprint density at radius 2 is 2.17 bits per heavy atom. The van der Waals surface area contributed by atoms with Crippen LogP contribution in [0.2, 0.25) is 5.02 Å². The molecule has 98 valence electrons. The minimum absolute atomic E-state index is 0.0242. The number of piperidine rings is 1. The largest absolute Gasteiger partial charge is 0.397 e. The first kappa shape index (κ1) is 13.0. The molecule has 6 heteroatoms. The molecule has 1 saturated heterocycles. The van der Waals surface area contributed by atoms with Crippen LogP contribution in [-0.4, -0.2) is 18.5 Å². The lowest BCUT2D eigenvalue weighted by molar-refractivity contribution is -0.119. The second kappa shape index (κ2) is 5.02. The zero-order chi connectivity index (χ0) is 13.3. The quantitative estimate of drug-likeness (QED) is 0.807. The summed E-state index contributed by atoms with van der Waals surface area (Å²) in [5.74, 6) is -0.959. The summed E-state index contributed by atoms with van der Waals surface area (Å²) in [7, 11) is 0. The van der Waals surface area contributed by atoms with Gasteiger partial charge >= 0.3 is 0 Å².